The van der Waals surface area contributed by atoms with Gasteiger partial charge in [-0.1, -0.05) is 26.0 Å². The number of carbonyl (C=O) groups excluding carboxylic acids is 1. The summed E-state index contributed by atoms with van der Waals surface area (Å²) in [5, 5.41) is 4.99. The summed E-state index contributed by atoms with van der Waals surface area (Å²) in [7, 11) is 1.71. The number of rotatable bonds is 6. The van der Waals surface area contributed by atoms with Gasteiger partial charge in [-0.3, -0.25) is 9.79 Å². The Balaban J connectivity index is 1.76. The maximum Gasteiger partial charge on any atom is 0.234 e. The number of nitrogens with zero attached hydrogens (tertiary/aromatic N) is 3. The first kappa shape index (κ1) is 20.0. The fourth-order valence-corrected chi connectivity index (χ4v) is 3.74. The van der Waals surface area contributed by atoms with Crippen molar-refractivity contribution in [2.75, 3.05) is 32.0 Å². The van der Waals surface area contributed by atoms with Gasteiger partial charge in [-0.25, -0.2) is 4.98 Å². The summed E-state index contributed by atoms with van der Waals surface area (Å²) in [5.74, 6) is 1.20. The molecule has 2 aromatic rings. The minimum Gasteiger partial charge on any atom is -0.404 e. The summed E-state index contributed by atoms with van der Waals surface area (Å²) >= 11 is 0. The van der Waals surface area contributed by atoms with E-state index in [0.29, 0.717) is 11.7 Å². The average molecular weight is 380 g/mol. The third-order valence-electron chi connectivity index (χ3n) is 5.06. The molecule has 0 spiro atoms. The molecule has 0 aliphatic carbocycles. The predicted octanol–water partition coefficient (Wildman–Crippen LogP) is 3.15. The fraction of sp³-hybridized carbons (Fsp3) is 0.409. The zero-order valence-corrected chi connectivity index (χ0v) is 17.1. The molecule has 0 radical (unpaired) electrons. The lowest BCUT2D eigenvalue weighted by molar-refractivity contribution is -0.134. The molecule has 1 fully saturated rings. The monoisotopic (exact) mass is 379 g/mol. The van der Waals surface area contributed by atoms with Crippen LogP contribution in [0.4, 0.5) is 5.82 Å². The number of fused-ring (bicyclic) bond motifs is 1. The van der Waals surface area contributed by atoms with Gasteiger partial charge in [0.15, 0.2) is 0 Å². The van der Waals surface area contributed by atoms with E-state index in [-0.39, 0.29) is 11.3 Å². The number of aromatic nitrogens is 1. The first-order valence-corrected chi connectivity index (χ1v) is 9.62. The second-order valence-electron chi connectivity index (χ2n) is 8.22. The molecule has 1 saturated heterocycles. The summed E-state index contributed by atoms with van der Waals surface area (Å²) in [6.45, 7) is 9.01. The second-order valence-corrected chi connectivity index (χ2v) is 8.22. The van der Waals surface area contributed by atoms with Crippen molar-refractivity contribution in [1.82, 2.24) is 9.88 Å². The smallest absolute Gasteiger partial charge is 0.234 e. The molecule has 6 heteroatoms. The molecule has 0 unspecified atom stereocenters. The van der Waals surface area contributed by atoms with Crippen molar-refractivity contribution in [2.45, 2.75) is 20.8 Å². The van der Waals surface area contributed by atoms with Gasteiger partial charge in [0.2, 0.25) is 5.91 Å². The van der Waals surface area contributed by atoms with Gasteiger partial charge < -0.3 is 16.0 Å². The van der Waals surface area contributed by atoms with Gasteiger partial charge in [-0.05, 0) is 35.9 Å². The summed E-state index contributed by atoms with van der Waals surface area (Å²) in [6.07, 6.45) is 5.05. The Morgan fingerprint density at radius 1 is 1.36 bits per heavy atom. The number of anilines is 1. The molecule has 3 rings (SSSR count). The molecule has 1 aromatic heterocycles. The molecule has 0 atom stereocenters. The van der Waals surface area contributed by atoms with Crippen molar-refractivity contribution in [3.63, 3.8) is 0 Å². The number of hydrogen-bond donors (Lipinski definition) is 2. The van der Waals surface area contributed by atoms with E-state index < -0.39 is 0 Å². The van der Waals surface area contributed by atoms with Crippen LogP contribution in [0, 0.1) is 11.3 Å². The Kier molecular flexibility index (Phi) is 5.79. The van der Waals surface area contributed by atoms with Crippen LogP contribution >= 0.6 is 0 Å². The third kappa shape index (κ3) is 4.22. The lowest BCUT2D eigenvalue weighted by Crippen LogP contribution is -2.60. The quantitative estimate of drug-likeness (QED) is 0.755. The maximum absolute atomic E-state index is 12.8. The van der Waals surface area contributed by atoms with Gasteiger partial charge in [-0.15, -0.1) is 0 Å². The molecule has 0 saturated carbocycles. The highest BCUT2D eigenvalue weighted by Gasteiger charge is 2.45. The van der Waals surface area contributed by atoms with Gasteiger partial charge in [-0.2, -0.15) is 0 Å². The van der Waals surface area contributed by atoms with E-state index in [1.165, 1.54) is 0 Å². The highest BCUT2D eigenvalue weighted by molar-refractivity contribution is 6.10. The summed E-state index contributed by atoms with van der Waals surface area (Å²) in [6, 6.07) is 7.92. The Labute approximate surface area is 166 Å². The topological polar surface area (TPSA) is 83.6 Å². The number of amides is 1. The lowest BCUT2D eigenvalue weighted by atomic mass is 9.80. The number of benzene rings is 1. The lowest BCUT2D eigenvalue weighted by Gasteiger charge is -2.47. The predicted molar refractivity (Wildman–Crippen MR) is 116 cm³/mol. The zero-order chi connectivity index (χ0) is 20.3. The number of carbonyl (C=O) groups is 1. The van der Waals surface area contributed by atoms with Crippen LogP contribution in [0.5, 0.6) is 0 Å². The van der Waals surface area contributed by atoms with E-state index in [0.717, 1.165) is 41.5 Å². The largest absolute Gasteiger partial charge is 0.404 e. The van der Waals surface area contributed by atoms with Crippen molar-refractivity contribution in [1.29, 1.82) is 0 Å². The highest BCUT2D eigenvalue weighted by atomic mass is 16.2. The van der Waals surface area contributed by atoms with Gasteiger partial charge in [0.1, 0.15) is 5.82 Å². The van der Waals surface area contributed by atoms with Gasteiger partial charge in [0.05, 0.1) is 5.41 Å². The van der Waals surface area contributed by atoms with Crippen LogP contribution in [0.15, 0.2) is 41.7 Å². The molecule has 3 N–H and O–H groups in total. The van der Waals surface area contributed by atoms with Crippen molar-refractivity contribution in [3.8, 4) is 0 Å². The number of likely N-dealkylation sites (tertiary alicyclic amines) is 1. The third-order valence-corrected chi connectivity index (χ3v) is 5.06. The van der Waals surface area contributed by atoms with Crippen LogP contribution in [-0.2, 0) is 4.79 Å². The normalized spacial score (nSPS) is 17.2. The van der Waals surface area contributed by atoms with Crippen LogP contribution in [0.1, 0.15) is 26.3 Å². The average Bonchev–Trinajstić information content (AvgIpc) is 2.63. The molecule has 1 aliphatic rings. The zero-order valence-electron chi connectivity index (χ0n) is 17.1. The van der Waals surface area contributed by atoms with E-state index in [2.05, 4.69) is 34.0 Å². The second kappa shape index (κ2) is 8.10. The van der Waals surface area contributed by atoms with Crippen molar-refractivity contribution in [3.05, 3.63) is 42.2 Å². The van der Waals surface area contributed by atoms with Gasteiger partial charge >= 0.3 is 0 Å². The molecule has 148 valence electrons. The molecule has 1 aliphatic heterocycles. The van der Waals surface area contributed by atoms with Crippen LogP contribution in [0.3, 0.4) is 0 Å². The summed E-state index contributed by atoms with van der Waals surface area (Å²) in [5.41, 5.74) is 7.17. The maximum atomic E-state index is 12.8. The molecule has 1 aromatic carbocycles. The molecule has 28 heavy (non-hydrogen) atoms. The Bertz CT molecular complexity index is 926. The highest BCUT2D eigenvalue weighted by Crippen LogP contribution is 2.32. The summed E-state index contributed by atoms with van der Waals surface area (Å²) < 4.78 is 0. The summed E-state index contributed by atoms with van der Waals surface area (Å²) in [4.78, 5) is 23.5. The number of allylic oxidation sites excluding steroid dienone is 1. The standard InChI is InChI=1S/C22H29N5O/c1-15(2)12-27-13-22(3,14-27)21(28)26-20-8-18-7-16(19(9-23)10-24-4)5-6-17(18)11-25-20/h5-11,15H,12-14,23H2,1-4H3,(H,25,26,28). The van der Waals surface area contributed by atoms with E-state index in [9.17, 15) is 4.79 Å². The van der Waals surface area contributed by atoms with Crippen molar-refractivity contribution >= 4 is 34.3 Å². The number of pyridine rings is 1. The molecular weight excluding hydrogens is 350 g/mol. The van der Waals surface area contributed by atoms with E-state index >= 15 is 0 Å². The number of hydrogen-bond acceptors (Lipinski definition) is 5. The SMILES string of the molecule is CN=CC(=CN)c1ccc2cnc(NC(=O)C3(C)CN(CC(C)C)C3)cc2c1. The molecule has 0 bridgehead atoms. The molecule has 2 heterocycles. The van der Waals surface area contributed by atoms with Crippen LogP contribution in [0.2, 0.25) is 0 Å². The molecular formula is C22H29N5O. The number of nitrogens with one attached hydrogen (secondary N) is 1. The fourth-order valence-electron chi connectivity index (χ4n) is 3.74. The van der Waals surface area contributed by atoms with Crippen LogP contribution in [-0.4, -0.2) is 48.7 Å². The van der Waals surface area contributed by atoms with E-state index in [1.807, 2.05) is 31.2 Å². The number of nitrogens with two attached hydrogens (primary N) is 1. The van der Waals surface area contributed by atoms with Crippen LogP contribution in [0.25, 0.3) is 16.3 Å². The minimum atomic E-state index is -0.361. The number of aliphatic imine (C=N–C) groups is 1. The van der Waals surface area contributed by atoms with Gasteiger partial charge in [0, 0.05) is 56.3 Å². The van der Waals surface area contributed by atoms with Crippen molar-refractivity contribution in [2.24, 2.45) is 22.1 Å². The van der Waals surface area contributed by atoms with Crippen LogP contribution < -0.4 is 11.1 Å². The Morgan fingerprint density at radius 2 is 2.11 bits per heavy atom. The molecule has 6 nitrogen and oxygen atoms in total. The van der Waals surface area contributed by atoms with Crippen molar-refractivity contribution < 1.29 is 4.79 Å². The first-order chi connectivity index (χ1) is 13.3. The van der Waals surface area contributed by atoms with E-state index in [4.69, 9.17) is 5.73 Å². The molecule has 1 amide bonds. The minimum absolute atomic E-state index is 0.0242. The Morgan fingerprint density at radius 3 is 2.75 bits per heavy atom. The van der Waals surface area contributed by atoms with E-state index in [1.54, 1.807) is 25.7 Å². The van der Waals surface area contributed by atoms with Gasteiger partial charge in [0.25, 0.3) is 0 Å². The first-order valence-electron chi connectivity index (χ1n) is 9.62. The Hall–Kier alpha value is -2.73.